The Labute approximate surface area is 275 Å². The number of carbonyl (C=O) groups is 6. The quantitative estimate of drug-likeness (QED) is 0.159. The molecule has 0 aromatic heterocycles. The van der Waals surface area contributed by atoms with E-state index in [0.717, 1.165) is 21.9 Å². The Hall–Kier alpha value is -5.06. The molecule has 0 aliphatic carbocycles. The number of nitrogens with one attached hydrogen (secondary N) is 4. The average Bonchev–Trinajstić information content (AvgIpc) is 3.03. The van der Waals surface area contributed by atoms with Crippen molar-refractivity contribution >= 4 is 46.1 Å². The molecule has 4 unspecified atom stereocenters. The second-order valence-electron chi connectivity index (χ2n) is 12.9. The largest absolute Gasteiger partial charge is 0.368 e. The second-order valence-corrected chi connectivity index (χ2v) is 12.9. The van der Waals surface area contributed by atoms with Gasteiger partial charge in [0.2, 0.25) is 29.4 Å². The fraction of sp³-hybridized carbons (Fsp3) is 0.389. The van der Waals surface area contributed by atoms with Crippen LogP contribution in [-0.2, 0) is 41.6 Å². The SMILES string of the molecule is CCC(C)C(NC(=O)C(NC(=O)Cc1ccccc1)C(C)(C)C)C(=O)C(=O)NCC(=O)NC(Cc1ccc2ccccc2c1)C(N)=O. The summed E-state index contributed by atoms with van der Waals surface area (Å²) in [5.74, 6) is -4.89. The van der Waals surface area contributed by atoms with Crippen LogP contribution in [0.5, 0.6) is 0 Å². The van der Waals surface area contributed by atoms with Gasteiger partial charge >= 0.3 is 0 Å². The molecule has 0 heterocycles. The van der Waals surface area contributed by atoms with Gasteiger partial charge in [0.1, 0.15) is 12.1 Å². The lowest BCUT2D eigenvalue weighted by Gasteiger charge is -2.32. The highest BCUT2D eigenvalue weighted by Gasteiger charge is 2.37. The lowest BCUT2D eigenvalue weighted by atomic mass is 9.85. The van der Waals surface area contributed by atoms with Crippen LogP contribution in [0.25, 0.3) is 10.8 Å². The Bertz CT molecular complexity index is 1600. The molecule has 0 bridgehead atoms. The van der Waals surface area contributed by atoms with E-state index in [4.69, 9.17) is 5.73 Å². The van der Waals surface area contributed by atoms with Gasteiger partial charge in [-0.25, -0.2) is 0 Å². The van der Waals surface area contributed by atoms with Gasteiger partial charge in [0.15, 0.2) is 0 Å². The summed E-state index contributed by atoms with van der Waals surface area (Å²) < 4.78 is 0. The Balaban J connectivity index is 1.62. The summed E-state index contributed by atoms with van der Waals surface area (Å²) in [4.78, 5) is 77.4. The molecule has 11 nitrogen and oxygen atoms in total. The van der Waals surface area contributed by atoms with E-state index in [2.05, 4.69) is 21.3 Å². The first-order valence-electron chi connectivity index (χ1n) is 15.7. The Morgan fingerprint density at radius 3 is 2.02 bits per heavy atom. The Morgan fingerprint density at radius 2 is 1.40 bits per heavy atom. The molecule has 5 amide bonds. The van der Waals surface area contributed by atoms with E-state index in [9.17, 15) is 28.8 Å². The van der Waals surface area contributed by atoms with E-state index in [1.54, 1.807) is 39.8 Å². The maximum Gasteiger partial charge on any atom is 0.290 e. The van der Waals surface area contributed by atoms with Crippen molar-refractivity contribution in [2.45, 2.75) is 72.0 Å². The van der Waals surface area contributed by atoms with Crippen LogP contribution in [0, 0.1) is 11.3 Å². The van der Waals surface area contributed by atoms with Crippen LogP contribution in [0.15, 0.2) is 72.8 Å². The smallest absolute Gasteiger partial charge is 0.290 e. The minimum atomic E-state index is -1.21. The van der Waals surface area contributed by atoms with Crippen molar-refractivity contribution in [3.63, 3.8) is 0 Å². The highest BCUT2D eigenvalue weighted by Crippen LogP contribution is 2.21. The first-order valence-corrected chi connectivity index (χ1v) is 15.7. The van der Waals surface area contributed by atoms with Crippen molar-refractivity contribution in [1.29, 1.82) is 0 Å². The van der Waals surface area contributed by atoms with Crippen molar-refractivity contribution < 1.29 is 28.8 Å². The Morgan fingerprint density at radius 1 is 0.766 bits per heavy atom. The number of nitrogens with two attached hydrogens (primary N) is 1. The molecular formula is C36H45N5O6. The normalized spacial score (nSPS) is 13.8. The van der Waals surface area contributed by atoms with Gasteiger partial charge in [-0.2, -0.15) is 0 Å². The summed E-state index contributed by atoms with van der Waals surface area (Å²) in [5, 5.41) is 12.3. The van der Waals surface area contributed by atoms with Crippen molar-refractivity contribution in [1.82, 2.24) is 21.3 Å². The third-order valence-corrected chi connectivity index (χ3v) is 8.00. The van der Waals surface area contributed by atoms with E-state index in [1.165, 1.54) is 0 Å². The highest BCUT2D eigenvalue weighted by molar-refractivity contribution is 6.38. The lowest BCUT2D eigenvalue weighted by molar-refractivity contribution is -0.142. The summed E-state index contributed by atoms with van der Waals surface area (Å²) in [7, 11) is 0. The van der Waals surface area contributed by atoms with Gasteiger partial charge in [-0.3, -0.25) is 28.8 Å². The van der Waals surface area contributed by atoms with Crippen LogP contribution in [0.1, 0.15) is 52.2 Å². The van der Waals surface area contributed by atoms with E-state index >= 15 is 0 Å². The number of primary amides is 1. The molecular weight excluding hydrogens is 598 g/mol. The van der Waals surface area contributed by atoms with Crippen LogP contribution in [0.4, 0.5) is 0 Å². The van der Waals surface area contributed by atoms with Crippen molar-refractivity contribution in [3.05, 3.63) is 83.9 Å². The third kappa shape index (κ3) is 10.8. The molecule has 0 aliphatic rings. The molecule has 3 rings (SSSR count). The predicted octanol–water partition coefficient (Wildman–Crippen LogP) is 2.34. The number of Topliss-reactive ketones (excluding diaryl/α,β-unsaturated/α-hetero) is 1. The molecule has 11 heteroatoms. The van der Waals surface area contributed by atoms with E-state index in [-0.39, 0.29) is 18.7 Å². The lowest BCUT2D eigenvalue weighted by Crippen LogP contribution is -2.59. The standard InChI is InChI=1S/C36H45N5O6/c1-6-22(2)30(41-35(47)32(36(3,4)5)40-28(42)20-23-12-8-7-9-13-23)31(44)34(46)38-21-29(43)39-27(33(37)45)19-24-16-17-25-14-10-11-15-26(25)18-24/h7-18,22,27,30,32H,6,19-21H2,1-5H3,(H2,37,45)(H,38,46)(H,39,43)(H,40,42)(H,41,47). The summed E-state index contributed by atoms with van der Waals surface area (Å²) >= 11 is 0. The van der Waals surface area contributed by atoms with Crippen LogP contribution in [0.3, 0.4) is 0 Å². The monoisotopic (exact) mass is 643 g/mol. The van der Waals surface area contributed by atoms with Crippen LogP contribution in [0.2, 0.25) is 0 Å². The summed E-state index contributed by atoms with van der Waals surface area (Å²) in [6.07, 6.45) is 0.662. The summed E-state index contributed by atoms with van der Waals surface area (Å²) in [6.45, 7) is 8.28. The first-order chi connectivity index (χ1) is 22.2. The fourth-order valence-corrected chi connectivity index (χ4v) is 5.07. The number of rotatable bonds is 15. The maximum atomic E-state index is 13.5. The van der Waals surface area contributed by atoms with E-state index in [0.29, 0.717) is 6.42 Å². The number of benzene rings is 3. The summed E-state index contributed by atoms with van der Waals surface area (Å²) in [6, 6.07) is 19.2. The van der Waals surface area contributed by atoms with Crippen molar-refractivity contribution in [2.75, 3.05) is 6.54 Å². The van der Waals surface area contributed by atoms with Crippen LogP contribution in [-0.4, -0.2) is 60.0 Å². The van der Waals surface area contributed by atoms with Gasteiger partial charge in [-0.1, -0.05) is 114 Å². The minimum Gasteiger partial charge on any atom is -0.368 e. The van der Waals surface area contributed by atoms with Crippen molar-refractivity contribution in [3.8, 4) is 0 Å². The number of carbonyl (C=O) groups excluding carboxylic acids is 6. The molecule has 0 saturated carbocycles. The number of fused-ring (bicyclic) bond motifs is 1. The van der Waals surface area contributed by atoms with Gasteiger partial charge in [-0.05, 0) is 33.2 Å². The highest BCUT2D eigenvalue weighted by atomic mass is 16.2. The molecule has 0 aliphatic heterocycles. The number of amides is 5. The third-order valence-electron chi connectivity index (χ3n) is 8.00. The molecule has 0 saturated heterocycles. The molecule has 0 spiro atoms. The molecule has 4 atom stereocenters. The maximum absolute atomic E-state index is 13.5. The van der Waals surface area contributed by atoms with E-state index < -0.39 is 65.4 Å². The van der Waals surface area contributed by atoms with E-state index in [1.807, 2.05) is 67.6 Å². The fourth-order valence-electron chi connectivity index (χ4n) is 5.07. The topological polar surface area (TPSA) is 177 Å². The van der Waals surface area contributed by atoms with Gasteiger partial charge in [0.05, 0.1) is 19.0 Å². The molecule has 250 valence electrons. The molecule has 47 heavy (non-hydrogen) atoms. The first kappa shape index (κ1) is 36.4. The van der Waals surface area contributed by atoms with Gasteiger partial charge in [-0.15, -0.1) is 0 Å². The molecule has 3 aromatic rings. The molecule has 0 fully saturated rings. The number of hydrogen-bond donors (Lipinski definition) is 5. The van der Waals surface area contributed by atoms with Crippen LogP contribution < -0.4 is 27.0 Å². The summed E-state index contributed by atoms with van der Waals surface area (Å²) in [5.41, 5.74) is 6.39. The molecule has 6 N–H and O–H groups in total. The number of ketones is 1. The molecule has 3 aromatic carbocycles. The predicted molar refractivity (Wildman–Crippen MR) is 180 cm³/mol. The second kappa shape index (κ2) is 16.5. The van der Waals surface area contributed by atoms with Crippen LogP contribution >= 0.6 is 0 Å². The van der Waals surface area contributed by atoms with Crippen molar-refractivity contribution in [2.24, 2.45) is 17.1 Å². The van der Waals surface area contributed by atoms with Gasteiger partial charge < -0.3 is 27.0 Å². The minimum absolute atomic E-state index is 0.0672. The zero-order valence-corrected chi connectivity index (χ0v) is 27.6. The Kier molecular flexibility index (Phi) is 12.8. The van der Waals surface area contributed by atoms with Gasteiger partial charge in [0, 0.05) is 6.42 Å². The zero-order valence-electron chi connectivity index (χ0n) is 27.6. The number of hydrogen-bond acceptors (Lipinski definition) is 6. The molecule has 0 radical (unpaired) electrons. The average molecular weight is 644 g/mol. The van der Waals surface area contributed by atoms with Gasteiger partial charge in [0.25, 0.3) is 5.91 Å². The zero-order chi connectivity index (χ0) is 34.7.